The first-order valence-corrected chi connectivity index (χ1v) is 8.90. The molecule has 1 heterocycles. The zero-order valence-corrected chi connectivity index (χ0v) is 16.4. The SMILES string of the molecule is COC(=O)[C@@H](C(=O)C(=O)Nc1ccccc1C)c1nc2ccc([N+](=O)[O-])cc2[nH]c1=O. The predicted octanol–water partition coefficient (Wildman–Crippen LogP) is 1.60. The molecule has 3 aromatic rings. The lowest BCUT2D eigenvalue weighted by Crippen LogP contribution is -2.37. The number of ketones is 1. The highest BCUT2D eigenvalue weighted by atomic mass is 16.6. The van der Waals surface area contributed by atoms with Crippen LogP contribution in [0.15, 0.2) is 47.3 Å². The molecule has 3 rings (SSSR count). The molecule has 0 aliphatic rings. The number of carbonyl (C=O) groups is 3. The molecule has 0 saturated carbocycles. The van der Waals surface area contributed by atoms with E-state index in [0.717, 1.165) is 19.2 Å². The summed E-state index contributed by atoms with van der Waals surface area (Å²) >= 11 is 0. The number of hydrogen-bond acceptors (Lipinski definition) is 8. The van der Waals surface area contributed by atoms with Crippen LogP contribution in [0, 0.1) is 17.0 Å². The first-order chi connectivity index (χ1) is 14.7. The summed E-state index contributed by atoms with van der Waals surface area (Å²) in [5.74, 6) is -5.44. The van der Waals surface area contributed by atoms with E-state index in [9.17, 15) is 29.3 Å². The van der Waals surface area contributed by atoms with Crippen LogP contribution in [-0.2, 0) is 19.1 Å². The van der Waals surface area contributed by atoms with Gasteiger partial charge in [0, 0.05) is 17.8 Å². The summed E-state index contributed by atoms with van der Waals surface area (Å²) in [6.07, 6.45) is 0. The maximum Gasteiger partial charge on any atom is 0.323 e. The van der Waals surface area contributed by atoms with E-state index in [1.54, 1.807) is 31.2 Å². The molecule has 1 amide bonds. The second-order valence-corrected chi connectivity index (χ2v) is 6.50. The van der Waals surface area contributed by atoms with Gasteiger partial charge in [-0.05, 0) is 24.6 Å². The minimum Gasteiger partial charge on any atom is -0.468 e. The fourth-order valence-corrected chi connectivity index (χ4v) is 2.89. The maximum absolute atomic E-state index is 12.8. The number of Topliss-reactive ketones (excluding diaryl/α,β-unsaturated/α-hetero) is 1. The van der Waals surface area contributed by atoms with Gasteiger partial charge in [0.15, 0.2) is 5.92 Å². The van der Waals surface area contributed by atoms with Crippen LogP contribution in [-0.4, -0.2) is 39.7 Å². The van der Waals surface area contributed by atoms with E-state index >= 15 is 0 Å². The summed E-state index contributed by atoms with van der Waals surface area (Å²) in [7, 11) is 1.00. The highest BCUT2D eigenvalue weighted by Gasteiger charge is 2.38. The van der Waals surface area contributed by atoms with Gasteiger partial charge < -0.3 is 15.0 Å². The molecular formula is C20H16N4O7. The molecule has 0 aliphatic heterocycles. The highest BCUT2D eigenvalue weighted by Crippen LogP contribution is 2.21. The molecule has 1 atom stereocenters. The van der Waals surface area contributed by atoms with E-state index in [0.29, 0.717) is 11.3 Å². The molecule has 11 nitrogen and oxygen atoms in total. The second kappa shape index (κ2) is 8.53. The number of aromatic amines is 1. The van der Waals surface area contributed by atoms with Crippen LogP contribution >= 0.6 is 0 Å². The van der Waals surface area contributed by atoms with Gasteiger partial charge >= 0.3 is 5.97 Å². The number of benzene rings is 2. The van der Waals surface area contributed by atoms with Crippen LogP contribution < -0.4 is 10.9 Å². The standard InChI is InChI=1S/C20H16N4O7/c1-10-5-3-4-6-12(10)22-19(27)17(25)15(20(28)31-2)16-18(26)23-14-9-11(24(29)30)7-8-13(14)21-16/h3-9,15H,1-2H3,(H,22,27)(H,23,26)/t15-/m1/s1. The van der Waals surface area contributed by atoms with Gasteiger partial charge in [-0.15, -0.1) is 0 Å². The van der Waals surface area contributed by atoms with Crippen molar-refractivity contribution < 1.29 is 24.0 Å². The number of esters is 1. The molecular weight excluding hydrogens is 408 g/mol. The minimum absolute atomic E-state index is 0.0309. The Bertz CT molecular complexity index is 1280. The average molecular weight is 424 g/mol. The van der Waals surface area contributed by atoms with Crippen molar-refractivity contribution in [3.8, 4) is 0 Å². The number of nitrogens with one attached hydrogen (secondary N) is 2. The number of nitro groups is 1. The molecule has 1 aromatic heterocycles. The van der Waals surface area contributed by atoms with Crippen LogP contribution in [0.2, 0.25) is 0 Å². The van der Waals surface area contributed by atoms with E-state index in [2.05, 4.69) is 20.0 Å². The molecule has 0 spiro atoms. The Morgan fingerprint density at radius 1 is 1.19 bits per heavy atom. The van der Waals surface area contributed by atoms with E-state index < -0.39 is 39.8 Å². The van der Waals surface area contributed by atoms with Crippen molar-refractivity contribution in [2.75, 3.05) is 12.4 Å². The molecule has 0 unspecified atom stereocenters. The molecule has 2 aromatic carbocycles. The molecule has 0 fully saturated rings. The number of rotatable bonds is 6. The van der Waals surface area contributed by atoms with Gasteiger partial charge in [0.05, 0.1) is 23.1 Å². The zero-order valence-electron chi connectivity index (χ0n) is 16.4. The van der Waals surface area contributed by atoms with Gasteiger partial charge in [-0.2, -0.15) is 0 Å². The third kappa shape index (κ3) is 4.29. The van der Waals surface area contributed by atoms with Gasteiger partial charge in [-0.3, -0.25) is 29.3 Å². The monoisotopic (exact) mass is 424 g/mol. The van der Waals surface area contributed by atoms with Gasteiger partial charge in [0.1, 0.15) is 5.69 Å². The number of carbonyl (C=O) groups excluding carboxylic acids is 3. The topological polar surface area (TPSA) is 161 Å². The lowest BCUT2D eigenvalue weighted by atomic mass is 9.99. The summed E-state index contributed by atoms with van der Waals surface area (Å²) in [6.45, 7) is 1.71. The summed E-state index contributed by atoms with van der Waals surface area (Å²) in [4.78, 5) is 66.8. The zero-order chi connectivity index (χ0) is 22.7. The number of non-ortho nitro benzene ring substituents is 1. The van der Waals surface area contributed by atoms with E-state index in [1.807, 2.05) is 0 Å². The second-order valence-electron chi connectivity index (χ2n) is 6.50. The van der Waals surface area contributed by atoms with Crippen LogP contribution in [0.25, 0.3) is 11.0 Å². The largest absolute Gasteiger partial charge is 0.468 e. The number of ether oxygens (including phenoxy) is 1. The lowest BCUT2D eigenvalue weighted by Gasteiger charge is -2.14. The van der Waals surface area contributed by atoms with Crippen molar-refractivity contribution in [2.24, 2.45) is 0 Å². The molecule has 2 N–H and O–H groups in total. The summed E-state index contributed by atoms with van der Waals surface area (Å²) in [5, 5.41) is 13.3. The molecule has 31 heavy (non-hydrogen) atoms. The molecule has 11 heteroatoms. The minimum atomic E-state index is -1.92. The number of H-pyrrole nitrogens is 1. The molecule has 0 aliphatic carbocycles. The average Bonchev–Trinajstić information content (AvgIpc) is 2.75. The Kier molecular flexibility index (Phi) is 5.86. The molecule has 0 radical (unpaired) electrons. The van der Waals surface area contributed by atoms with E-state index in [1.165, 1.54) is 6.07 Å². The smallest absolute Gasteiger partial charge is 0.323 e. The maximum atomic E-state index is 12.8. The molecule has 0 saturated heterocycles. The third-order valence-electron chi connectivity index (χ3n) is 4.50. The fraction of sp³-hybridized carbons (Fsp3) is 0.150. The van der Waals surface area contributed by atoms with Gasteiger partial charge in [-0.25, -0.2) is 4.98 Å². The Morgan fingerprint density at radius 3 is 2.55 bits per heavy atom. The van der Waals surface area contributed by atoms with Crippen molar-refractivity contribution in [2.45, 2.75) is 12.8 Å². The van der Waals surface area contributed by atoms with Crippen molar-refractivity contribution in [1.82, 2.24) is 9.97 Å². The van der Waals surface area contributed by atoms with Gasteiger partial charge in [0.25, 0.3) is 17.2 Å². The summed E-state index contributed by atoms with van der Waals surface area (Å²) in [5.41, 5.74) is -0.641. The van der Waals surface area contributed by atoms with Gasteiger partial charge in [-0.1, -0.05) is 18.2 Å². The Balaban J connectivity index is 2.03. The molecule has 158 valence electrons. The van der Waals surface area contributed by atoms with Crippen molar-refractivity contribution >= 4 is 40.1 Å². The Labute approximate surface area is 174 Å². The number of fused-ring (bicyclic) bond motifs is 1. The first-order valence-electron chi connectivity index (χ1n) is 8.90. The first kappa shape index (κ1) is 21.3. The van der Waals surface area contributed by atoms with E-state index in [4.69, 9.17) is 0 Å². The normalized spacial score (nSPS) is 11.5. The molecule has 0 bridgehead atoms. The van der Waals surface area contributed by atoms with Crippen LogP contribution in [0.5, 0.6) is 0 Å². The number of aryl methyl sites for hydroxylation is 1. The van der Waals surface area contributed by atoms with Gasteiger partial charge in [0.2, 0.25) is 5.78 Å². The third-order valence-corrected chi connectivity index (χ3v) is 4.50. The lowest BCUT2D eigenvalue weighted by molar-refractivity contribution is -0.384. The number of amides is 1. The number of aromatic nitrogens is 2. The predicted molar refractivity (Wildman–Crippen MR) is 109 cm³/mol. The summed E-state index contributed by atoms with van der Waals surface area (Å²) < 4.78 is 4.61. The van der Waals surface area contributed by atoms with E-state index in [-0.39, 0.29) is 16.7 Å². The summed E-state index contributed by atoms with van der Waals surface area (Å²) in [6, 6.07) is 10.2. The van der Waals surface area contributed by atoms with Crippen molar-refractivity contribution in [1.29, 1.82) is 0 Å². The number of nitrogens with zero attached hydrogens (tertiary/aromatic N) is 2. The van der Waals surface area contributed by atoms with Crippen LogP contribution in [0.3, 0.4) is 0 Å². The quantitative estimate of drug-likeness (QED) is 0.198. The number of nitro benzene ring substituents is 1. The number of hydrogen-bond donors (Lipinski definition) is 2. The highest BCUT2D eigenvalue weighted by molar-refractivity contribution is 6.45. The number of methoxy groups -OCH3 is 1. The van der Waals surface area contributed by atoms with Crippen LogP contribution in [0.1, 0.15) is 17.2 Å². The number of anilines is 1. The fourth-order valence-electron chi connectivity index (χ4n) is 2.89. The van der Waals surface area contributed by atoms with Crippen LogP contribution in [0.4, 0.5) is 11.4 Å². The Hall–Kier alpha value is -4.41. The van der Waals surface area contributed by atoms with Crippen molar-refractivity contribution in [3.63, 3.8) is 0 Å². The Morgan fingerprint density at radius 2 is 1.90 bits per heavy atom. The number of para-hydroxylation sites is 1. The van der Waals surface area contributed by atoms with Crippen molar-refractivity contribution in [3.05, 3.63) is 74.2 Å².